The van der Waals surface area contributed by atoms with Crippen LogP contribution in [0.25, 0.3) is 0 Å². The first-order valence-corrected chi connectivity index (χ1v) is 25.4. The van der Waals surface area contributed by atoms with Crippen molar-refractivity contribution in [3.63, 3.8) is 0 Å². The van der Waals surface area contributed by atoms with Crippen molar-refractivity contribution in [1.29, 1.82) is 0 Å². The third-order valence-corrected chi connectivity index (χ3v) is 10.8. The van der Waals surface area contributed by atoms with Crippen LogP contribution in [0.15, 0.2) is 72.9 Å². The van der Waals surface area contributed by atoms with Crippen molar-refractivity contribution in [2.45, 2.75) is 206 Å². The Bertz CT molecular complexity index is 1210. The van der Waals surface area contributed by atoms with Crippen molar-refractivity contribution in [3.05, 3.63) is 72.9 Å². The van der Waals surface area contributed by atoms with Gasteiger partial charge >= 0.3 is 19.8 Å². The monoisotopic (exact) mass is 862 g/mol. The van der Waals surface area contributed by atoms with Gasteiger partial charge in [0, 0.05) is 19.4 Å². The molecule has 0 aromatic rings. The Labute approximate surface area is 367 Å². The summed E-state index contributed by atoms with van der Waals surface area (Å²) in [5.41, 5.74) is 5.36. The molecule has 10 heteroatoms. The third kappa shape index (κ3) is 45.0. The second kappa shape index (κ2) is 46.0. The maximum atomic E-state index is 12.6. The van der Waals surface area contributed by atoms with Crippen LogP contribution in [-0.4, -0.2) is 49.3 Å². The molecule has 0 aromatic carbocycles. The normalized spacial score (nSPS) is 13.9. The van der Waals surface area contributed by atoms with Gasteiger partial charge < -0.3 is 20.1 Å². The maximum absolute atomic E-state index is 12.6. The number of phosphoric ester groups is 1. The van der Waals surface area contributed by atoms with Crippen LogP contribution in [0.1, 0.15) is 200 Å². The first kappa shape index (κ1) is 57.4. The largest absolute Gasteiger partial charge is 0.472 e. The molecule has 0 bridgehead atoms. The van der Waals surface area contributed by atoms with Gasteiger partial charge in [0.05, 0.1) is 13.2 Å². The molecule has 0 radical (unpaired) electrons. The minimum atomic E-state index is -4.39. The number of hydrogen-bond donors (Lipinski definition) is 2. The number of allylic oxidation sites excluding steroid dienone is 12. The van der Waals surface area contributed by atoms with Gasteiger partial charge in [-0.1, -0.05) is 177 Å². The van der Waals surface area contributed by atoms with Crippen LogP contribution >= 0.6 is 7.82 Å². The number of carbonyl (C=O) groups excluding carboxylic acids is 2. The Morgan fingerprint density at radius 2 is 0.917 bits per heavy atom. The number of nitrogens with two attached hydrogens (primary N) is 1. The second-order valence-electron chi connectivity index (χ2n) is 15.6. The molecule has 0 saturated heterocycles. The van der Waals surface area contributed by atoms with Gasteiger partial charge in [-0.15, -0.1) is 0 Å². The van der Waals surface area contributed by atoms with Gasteiger partial charge in [0.15, 0.2) is 6.10 Å². The molecular formula is C50H88NO8P. The summed E-state index contributed by atoms with van der Waals surface area (Å²) in [4.78, 5) is 35.0. The number of phosphoric acid groups is 1. The van der Waals surface area contributed by atoms with E-state index < -0.39 is 32.5 Å². The van der Waals surface area contributed by atoms with E-state index in [0.29, 0.717) is 6.42 Å². The van der Waals surface area contributed by atoms with E-state index in [0.717, 1.165) is 96.3 Å². The fourth-order valence-electron chi connectivity index (χ4n) is 6.30. The highest BCUT2D eigenvalue weighted by Gasteiger charge is 2.26. The van der Waals surface area contributed by atoms with Crippen LogP contribution in [0, 0.1) is 0 Å². The van der Waals surface area contributed by atoms with E-state index in [2.05, 4.69) is 86.8 Å². The molecule has 0 spiro atoms. The molecule has 0 aliphatic heterocycles. The summed E-state index contributed by atoms with van der Waals surface area (Å²) in [5.74, 6) is -0.853. The van der Waals surface area contributed by atoms with Crippen LogP contribution in [0.5, 0.6) is 0 Å². The molecule has 2 unspecified atom stereocenters. The Morgan fingerprint density at radius 3 is 1.38 bits per heavy atom. The zero-order valence-electron chi connectivity index (χ0n) is 38.2. The van der Waals surface area contributed by atoms with Crippen molar-refractivity contribution in [2.24, 2.45) is 5.73 Å². The molecule has 0 fully saturated rings. The Hall–Kier alpha value is -2.55. The topological polar surface area (TPSA) is 134 Å². The predicted molar refractivity (Wildman–Crippen MR) is 252 cm³/mol. The quantitative estimate of drug-likeness (QED) is 0.0266. The van der Waals surface area contributed by atoms with E-state index >= 15 is 0 Å². The number of rotatable bonds is 44. The minimum absolute atomic E-state index is 0.0471. The van der Waals surface area contributed by atoms with Gasteiger partial charge in [0.2, 0.25) is 0 Å². The summed E-state index contributed by atoms with van der Waals surface area (Å²) in [6, 6.07) is 0. The van der Waals surface area contributed by atoms with Gasteiger partial charge in [-0.05, 0) is 83.5 Å². The lowest BCUT2D eigenvalue weighted by Gasteiger charge is -2.19. The average Bonchev–Trinajstić information content (AvgIpc) is 3.24. The van der Waals surface area contributed by atoms with Crippen LogP contribution < -0.4 is 5.73 Å². The number of hydrogen-bond acceptors (Lipinski definition) is 8. The van der Waals surface area contributed by atoms with Crippen LogP contribution in [0.2, 0.25) is 0 Å². The van der Waals surface area contributed by atoms with Gasteiger partial charge in [-0.3, -0.25) is 18.6 Å². The molecule has 0 aliphatic carbocycles. The SMILES string of the molecule is CC/C=C\C/C=C\C/C=C\C/C=C\C/C=C\CCCCCCCCCC(=O)OC(COC(=O)CCCCCCC/C=C\CCCCCCCCC)COP(=O)(O)OCCN. The molecule has 0 aromatic heterocycles. The molecule has 0 aliphatic rings. The minimum Gasteiger partial charge on any atom is -0.462 e. The Kier molecular flexibility index (Phi) is 44.0. The number of ether oxygens (including phenoxy) is 2. The van der Waals surface area contributed by atoms with Crippen molar-refractivity contribution in [2.75, 3.05) is 26.4 Å². The lowest BCUT2D eigenvalue weighted by Crippen LogP contribution is -2.29. The van der Waals surface area contributed by atoms with Crippen LogP contribution in [0.3, 0.4) is 0 Å². The molecule has 9 nitrogen and oxygen atoms in total. The number of unbranched alkanes of at least 4 members (excludes halogenated alkanes) is 19. The van der Waals surface area contributed by atoms with Gasteiger partial charge in [0.1, 0.15) is 6.61 Å². The van der Waals surface area contributed by atoms with Crippen LogP contribution in [-0.2, 0) is 32.7 Å². The van der Waals surface area contributed by atoms with Crippen molar-refractivity contribution < 1.29 is 37.6 Å². The van der Waals surface area contributed by atoms with E-state index in [1.807, 2.05) is 0 Å². The summed E-state index contributed by atoms with van der Waals surface area (Å²) in [5, 5.41) is 0. The highest BCUT2D eigenvalue weighted by molar-refractivity contribution is 7.47. The summed E-state index contributed by atoms with van der Waals surface area (Å²) in [6.07, 6.45) is 56.4. The second-order valence-corrected chi connectivity index (χ2v) is 17.0. The van der Waals surface area contributed by atoms with Gasteiger partial charge in [-0.2, -0.15) is 0 Å². The number of esters is 2. The lowest BCUT2D eigenvalue weighted by atomic mass is 10.1. The Balaban J connectivity index is 4.14. The summed E-state index contributed by atoms with van der Waals surface area (Å²) >= 11 is 0. The van der Waals surface area contributed by atoms with Gasteiger partial charge in [0.25, 0.3) is 0 Å². The highest BCUT2D eigenvalue weighted by atomic mass is 31.2. The van der Waals surface area contributed by atoms with Gasteiger partial charge in [-0.25, -0.2) is 4.57 Å². The molecule has 0 saturated carbocycles. The summed E-state index contributed by atoms with van der Waals surface area (Å²) in [7, 11) is -4.39. The fraction of sp³-hybridized carbons (Fsp3) is 0.720. The van der Waals surface area contributed by atoms with E-state index in [9.17, 15) is 19.0 Å². The molecular weight excluding hydrogens is 774 g/mol. The summed E-state index contributed by atoms with van der Waals surface area (Å²) < 4.78 is 32.9. The smallest absolute Gasteiger partial charge is 0.462 e. The molecule has 0 rings (SSSR count). The van der Waals surface area contributed by atoms with Crippen molar-refractivity contribution in [3.8, 4) is 0 Å². The number of carbonyl (C=O) groups is 2. The molecule has 346 valence electrons. The predicted octanol–water partition coefficient (Wildman–Crippen LogP) is 14.2. The molecule has 0 heterocycles. The Morgan fingerprint density at radius 1 is 0.517 bits per heavy atom. The van der Waals surface area contributed by atoms with Crippen molar-refractivity contribution in [1.82, 2.24) is 0 Å². The van der Waals surface area contributed by atoms with Crippen molar-refractivity contribution >= 4 is 19.8 Å². The van der Waals surface area contributed by atoms with E-state index in [1.54, 1.807) is 0 Å². The highest BCUT2D eigenvalue weighted by Crippen LogP contribution is 2.43. The van der Waals surface area contributed by atoms with Crippen LogP contribution in [0.4, 0.5) is 0 Å². The van der Waals surface area contributed by atoms with E-state index in [-0.39, 0.29) is 32.6 Å². The molecule has 3 N–H and O–H groups in total. The first-order valence-electron chi connectivity index (χ1n) is 23.9. The molecule has 0 amide bonds. The standard InChI is InChI=1S/C50H88NO8P/c1-3-5-7-9-11-13-15-17-19-21-22-23-24-25-26-27-29-31-33-35-37-39-41-43-50(53)59-48(47-58-60(54,55)57-45-44-51)46-56-49(52)42-40-38-36-34-32-30-28-20-18-16-14-12-10-8-6-4-2/h5,7,11,13,17,19-20,22-23,25-26,28,48H,3-4,6,8-10,12,14-16,18,21,24,27,29-47,51H2,1-2H3,(H,54,55)/b7-5-,13-11-,19-17-,23-22-,26-25-,28-20-. The zero-order valence-corrected chi connectivity index (χ0v) is 39.1. The molecule has 60 heavy (non-hydrogen) atoms. The zero-order chi connectivity index (χ0) is 43.9. The lowest BCUT2D eigenvalue weighted by molar-refractivity contribution is -0.161. The molecule has 2 atom stereocenters. The average molecular weight is 862 g/mol. The maximum Gasteiger partial charge on any atom is 0.472 e. The fourth-order valence-corrected chi connectivity index (χ4v) is 7.07. The third-order valence-electron chi connectivity index (χ3n) is 9.83. The van der Waals surface area contributed by atoms with E-state index in [4.69, 9.17) is 24.3 Å². The first-order chi connectivity index (χ1) is 29.3. The van der Waals surface area contributed by atoms with E-state index in [1.165, 1.54) is 70.6 Å². The summed E-state index contributed by atoms with van der Waals surface area (Å²) in [6.45, 7) is 3.60.